The van der Waals surface area contributed by atoms with Crippen LogP contribution in [0.2, 0.25) is 0 Å². The molecule has 4 heteroatoms. The van der Waals surface area contributed by atoms with Gasteiger partial charge in [0.15, 0.2) is 5.82 Å². The van der Waals surface area contributed by atoms with E-state index in [0.29, 0.717) is 11.8 Å². The molecular formula is C15H27N3O. The van der Waals surface area contributed by atoms with Gasteiger partial charge in [-0.05, 0) is 38.1 Å². The molecule has 1 aliphatic carbocycles. The number of aromatic nitrogens is 2. The third kappa shape index (κ3) is 3.78. The molecule has 3 unspecified atom stereocenters. The Balaban J connectivity index is 1.96. The van der Waals surface area contributed by atoms with E-state index in [1.54, 1.807) is 0 Å². The summed E-state index contributed by atoms with van der Waals surface area (Å²) in [6.45, 7) is 5.15. The molecule has 4 nitrogen and oxygen atoms in total. The summed E-state index contributed by atoms with van der Waals surface area (Å²) < 4.78 is 5.44. The molecule has 1 heterocycles. The maximum Gasteiger partial charge on any atom is 0.229 e. The van der Waals surface area contributed by atoms with Crippen LogP contribution in [-0.4, -0.2) is 16.7 Å². The van der Waals surface area contributed by atoms with Crippen LogP contribution < -0.4 is 5.73 Å². The van der Waals surface area contributed by atoms with E-state index in [2.05, 4.69) is 24.0 Å². The van der Waals surface area contributed by atoms with E-state index >= 15 is 0 Å². The summed E-state index contributed by atoms with van der Waals surface area (Å²) >= 11 is 0. The topological polar surface area (TPSA) is 64.9 Å². The summed E-state index contributed by atoms with van der Waals surface area (Å²) in [7, 11) is 0. The van der Waals surface area contributed by atoms with E-state index in [0.717, 1.165) is 37.0 Å². The summed E-state index contributed by atoms with van der Waals surface area (Å²) in [4.78, 5) is 4.64. The molecule has 1 aromatic rings. The van der Waals surface area contributed by atoms with Gasteiger partial charge in [0.1, 0.15) is 0 Å². The van der Waals surface area contributed by atoms with Crippen LogP contribution in [0.15, 0.2) is 4.52 Å². The fourth-order valence-electron chi connectivity index (χ4n) is 3.06. The predicted molar refractivity (Wildman–Crippen MR) is 76.0 cm³/mol. The summed E-state index contributed by atoms with van der Waals surface area (Å²) in [5, 5.41) is 4.22. The maximum atomic E-state index is 5.54. The van der Waals surface area contributed by atoms with Crippen LogP contribution in [0, 0.1) is 5.92 Å². The molecule has 1 aliphatic rings. The fourth-order valence-corrected chi connectivity index (χ4v) is 3.06. The third-order valence-electron chi connectivity index (χ3n) is 4.45. The zero-order valence-electron chi connectivity index (χ0n) is 12.3. The molecule has 0 spiro atoms. The molecule has 1 aromatic heterocycles. The highest BCUT2D eigenvalue weighted by molar-refractivity contribution is 5.00. The minimum absolute atomic E-state index is 0.329. The van der Waals surface area contributed by atoms with Gasteiger partial charge in [0.05, 0.1) is 0 Å². The normalized spacial score (nSPS) is 25.4. The monoisotopic (exact) mass is 265 g/mol. The van der Waals surface area contributed by atoms with E-state index < -0.39 is 0 Å². The molecule has 0 aromatic carbocycles. The van der Waals surface area contributed by atoms with Crippen molar-refractivity contribution < 1.29 is 4.52 Å². The fraction of sp³-hybridized carbons (Fsp3) is 0.867. The van der Waals surface area contributed by atoms with Crippen molar-refractivity contribution in [2.45, 2.75) is 70.6 Å². The molecule has 0 saturated heterocycles. The van der Waals surface area contributed by atoms with Gasteiger partial charge < -0.3 is 10.3 Å². The van der Waals surface area contributed by atoms with Crippen molar-refractivity contribution in [1.82, 2.24) is 10.1 Å². The van der Waals surface area contributed by atoms with Crippen LogP contribution in [0.3, 0.4) is 0 Å². The van der Waals surface area contributed by atoms with Crippen LogP contribution in [0.5, 0.6) is 0 Å². The lowest BCUT2D eigenvalue weighted by atomic mass is 9.80. The summed E-state index contributed by atoms with van der Waals surface area (Å²) in [6, 6.07) is 0. The minimum atomic E-state index is 0.329. The Morgan fingerprint density at radius 1 is 1.42 bits per heavy atom. The second-order valence-corrected chi connectivity index (χ2v) is 5.96. The quantitative estimate of drug-likeness (QED) is 0.853. The molecule has 3 atom stereocenters. The lowest BCUT2D eigenvalue weighted by Gasteiger charge is -2.26. The third-order valence-corrected chi connectivity index (χ3v) is 4.45. The molecule has 0 amide bonds. The van der Waals surface area contributed by atoms with Crippen molar-refractivity contribution in [1.29, 1.82) is 0 Å². The van der Waals surface area contributed by atoms with Gasteiger partial charge in [-0.3, -0.25) is 0 Å². The minimum Gasteiger partial charge on any atom is -0.339 e. The van der Waals surface area contributed by atoms with Gasteiger partial charge in [0.2, 0.25) is 5.89 Å². The van der Waals surface area contributed by atoms with Gasteiger partial charge in [0.25, 0.3) is 0 Å². The second kappa shape index (κ2) is 7.04. The molecule has 19 heavy (non-hydrogen) atoms. The number of rotatable bonds is 6. The Labute approximate surface area is 116 Å². The Bertz CT molecular complexity index is 377. The molecule has 0 bridgehead atoms. The Hall–Kier alpha value is -0.900. The van der Waals surface area contributed by atoms with Gasteiger partial charge >= 0.3 is 0 Å². The molecule has 0 radical (unpaired) electrons. The van der Waals surface area contributed by atoms with Gasteiger partial charge in [-0.2, -0.15) is 4.98 Å². The van der Waals surface area contributed by atoms with Crippen molar-refractivity contribution in [3.63, 3.8) is 0 Å². The Kier molecular flexibility index (Phi) is 5.37. The Morgan fingerprint density at radius 3 is 3.00 bits per heavy atom. The molecule has 1 saturated carbocycles. The number of nitrogens with two attached hydrogens (primary N) is 1. The van der Waals surface area contributed by atoms with Crippen LogP contribution in [0.4, 0.5) is 0 Å². The summed E-state index contributed by atoms with van der Waals surface area (Å²) in [5.41, 5.74) is 5.54. The lowest BCUT2D eigenvalue weighted by molar-refractivity contribution is 0.296. The largest absolute Gasteiger partial charge is 0.339 e. The standard InChI is InChI=1S/C15H27N3O/c1-3-12-7-4-8-13(10-12)14-17-15(19-18-14)11(2)6-5-9-16/h11-13H,3-10,16H2,1-2H3. The molecular weight excluding hydrogens is 238 g/mol. The molecule has 2 N–H and O–H groups in total. The average molecular weight is 265 g/mol. The molecule has 0 aliphatic heterocycles. The number of hydrogen-bond donors (Lipinski definition) is 1. The number of nitrogens with zero attached hydrogens (tertiary/aromatic N) is 2. The van der Waals surface area contributed by atoms with Crippen LogP contribution >= 0.6 is 0 Å². The highest BCUT2D eigenvalue weighted by Crippen LogP contribution is 2.36. The van der Waals surface area contributed by atoms with Gasteiger partial charge in [-0.25, -0.2) is 0 Å². The van der Waals surface area contributed by atoms with Crippen molar-refractivity contribution in [3.05, 3.63) is 11.7 Å². The van der Waals surface area contributed by atoms with Gasteiger partial charge in [0, 0.05) is 11.8 Å². The smallest absolute Gasteiger partial charge is 0.229 e. The lowest BCUT2D eigenvalue weighted by Crippen LogP contribution is -2.14. The molecule has 2 rings (SSSR count). The maximum absolute atomic E-state index is 5.54. The first-order chi connectivity index (χ1) is 9.24. The van der Waals surface area contributed by atoms with E-state index in [9.17, 15) is 0 Å². The number of hydrogen-bond acceptors (Lipinski definition) is 4. The van der Waals surface area contributed by atoms with E-state index in [1.165, 1.54) is 32.1 Å². The van der Waals surface area contributed by atoms with Gasteiger partial charge in [-0.1, -0.05) is 38.3 Å². The van der Waals surface area contributed by atoms with Gasteiger partial charge in [-0.15, -0.1) is 0 Å². The van der Waals surface area contributed by atoms with Crippen molar-refractivity contribution in [3.8, 4) is 0 Å². The van der Waals surface area contributed by atoms with E-state index in [4.69, 9.17) is 10.3 Å². The second-order valence-electron chi connectivity index (χ2n) is 5.96. The first kappa shape index (κ1) is 14.5. The summed E-state index contributed by atoms with van der Waals surface area (Å²) in [5.74, 6) is 3.42. The summed E-state index contributed by atoms with van der Waals surface area (Å²) in [6.07, 6.45) is 8.43. The zero-order valence-corrected chi connectivity index (χ0v) is 12.3. The highest BCUT2D eigenvalue weighted by Gasteiger charge is 2.26. The molecule has 108 valence electrons. The average Bonchev–Trinajstić information content (AvgIpc) is 2.94. The van der Waals surface area contributed by atoms with E-state index in [-0.39, 0.29) is 0 Å². The highest BCUT2D eigenvalue weighted by atomic mass is 16.5. The zero-order chi connectivity index (χ0) is 13.7. The van der Waals surface area contributed by atoms with Crippen molar-refractivity contribution >= 4 is 0 Å². The Morgan fingerprint density at radius 2 is 2.26 bits per heavy atom. The van der Waals surface area contributed by atoms with Crippen molar-refractivity contribution in [2.24, 2.45) is 11.7 Å². The van der Waals surface area contributed by atoms with Crippen LogP contribution in [-0.2, 0) is 0 Å². The first-order valence-electron chi connectivity index (χ1n) is 7.78. The first-order valence-corrected chi connectivity index (χ1v) is 7.78. The van der Waals surface area contributed by atoms with E-state index in [1.807, 2.05) is 0 Å². The van der Waals surface area contributed by atoms with Crippen molar-refractivity contribution in [2.75, 3.05) is 6.54 Å². The SMILES string of the molecule is CCC1CCCC(c2noc(C(C)CCCN)n2)C1. The van der Waals surface area contributed by atoms with Crippen LogP contribution in [0.1, 0.15) is 82.3 Å². The predicted octanol–water partition coefficient (Wildman–Crippen LogP) is 3.60. The van der Waals surface area contributed by atoms with Crippen LogP contribution in [0.25, 0.3) is 0 Å². The molecule has 1 fully saturated rings.